The van der Waals surface area contributed by atoms with Gasteiger partial charge in [0.25, 0.3) is 5.91 Å². The number of halogens is 1. The summed E-state index contributed by atoms with van der Waals surface area (Å²) in [6.45, 7) is 1.84. The highest BCUT2D eigenvalue weighted by Crippen LogP contribution is 2.22. The second-order valence-corrected chi connectivity index (χ2v) is 7.30. The summed E-state index contributed by atoms with van der Waals surface area (Å²) in [6, 6.07) is 7.34. The van der Waals surface area contributed by atoms with Crippen LogP contribution in [-0.4, -0.2) is 33.3 Å². The molecule has 0 N–H and O–H groups in total. The second kappa shape index (κ2) is 6.93. The highest BCUT2D eigenvalue weighted by molar-refractivity contribution is 9.10. The molecular weight excluding hydrogens is 408 g/mol. The number of carbonyl (C=O) groups is 2. The van der Waals surface area contributed by atoms with Crippen LogP contribution in [0, 0.1) is 6.92 Å². The summed E-state index contributed by atoms with van der Waals surface area (Å²) < 4.78 is 9.86. The van der Waals surface area contributed by atoms with Gasteiger partial charge in [0.05, 0.1) is 17.3 Å². The zero-order chi connectivity index (χ0) is 18.1. The number of thiazole rings is 1. The first-order valence-corrected chi connectivity index (χ1v) is 8.95. The summed E-state index contributed by atoms with van der Waals surface area (Å²) >= 11 is 4.75. The smallest absolute Gasteiger partial charge is 0.325 e. The summed E-state index contributed by atoms with van der Waals surface area (Å²) in [4.78, 5) is 28.8. The molecule has 0 fully saturated rings. The third-order valence-electron chi connectivity index (χ3n) is 3.69. The monoisotopic (exact) mass is 422 g/mol. The topological polar surface area (TPSA) is 78.5 Å². The first-order valence-electron chi connectivity index (χ1n) is 7.34. The number of rotatable bonds is 3. The number of methoxy groups -OCH3 is 1. The van der Waals surface area contributed by atoms with Crippen molar-refractivity contribution in [2.24, 2.45) is 12.0 Å². The minimum absolute atomic E-state index is 0.0223. The van der Waals surface area contributed by atoms with Gasteiger partial charge in [-0.15, -0.1) is 0 Å². The Morgan fingerprint density at radius 2 is 2.12 bits per heavy atom. The SMILES string of the molecule is COC(=O)Cn1c(=NC(=O)c2cc(C)n(C)n2)sc2cc(Br)ccc21. The van der Waals surface area contributed by atoms with Crippen LogP contribution in [0.3, 0.4) is 0 Å². The van der Waals surface area contributed by atoms with E-state index >= 15 is 0 Å². The Balaban J connectivity index is 2.14. The minimum Gasteiger partial charge on any atom is -0.468 e. The number of ether oxygens (including phenoxy) is 1. The Morgan fingerprint density at radius 1 is 1.36 bits per heavy atom. The van der Waals surface area contributed by atoms with E-state index in [1.807, 2.05) is 25.1 Å². The number of hydrogen-bond donors (Lipinski definition) is 0. The molecular formula is C16H15BrN4O3S. The van der Waals surface area contributed by atoms with Crippen LogP contribution in [0.4, 0.5) is 0 Å². The van der Waals surface area contributed by atoms with Crippen LogP contribution >= 0.6 is 27.3 Å². The standard InChI is InChI=1S/C16H15BrN4O3S/c1-9-6-11(19-20(9)2)15(23)18-16-21(8-14(22)24-3)12-5-4-10(17)7-13(12)25-16/h4-7H,8H2,1-3H3. The number of nitrogens with zero attached hydrogens (tertiary/aromatic N) is 4. The molecule has 2 aromatic heterocycles. The fourth-order valence-electron chi connectivity index (χ4n) is 2.29. The van der Waals surface area contributed by atoms with E-state index in [4.69, 9.17) is 4.74 Å². The fourth-order valence-corrected chi connectivity index (χ4v) is 3.87. The van der Waals surface area contributed by atoms with Crippen LogP contribution in [-0.2, 0) is 23.1 Å². The maximum Gasteiger partial charge on any atom is 0.325 e. The average Bonchev–Trinajstić information content (AvgIpc) is 3.07. The van der Waals surface area contributed by atoms with Gasteiger partial charge in [-0.3, -0.25) is 14.3 Å². The van der Waals surface area contributed by atoms with Gasteiger partial charge in [0.15, 0.2) is 10.5 Å². The van der Waals surface area contributed by atoms with Gasteiger partial charge in [-0.25, -0.2) is 0 Å². The van der Waals surface area contributed by atoms with Gasteiger partial charge in [0, 0.05) is 17.2 Å². The van der Waals surface area contributed by atoms with E-state index in [-0.39, 0.29) is 12.2 Å². The van der Waals surface area contributed by atoms with Gasteiger partial charge in [-0.05, 0) is 31.2 Å². The van der Waals surface area contributed by atoms with E-state index in [1.165, 1.54) is 18.4 Å². The van der Waals surface area contributed by atoms with Crippen molar-refractivity contribution in [1.82, 2.24) is 14.3 Å². The highest BCUT2D eigenvalue weighted by Gasteiger charge is 2.14. The zero-order valence-corrected chi connectivity index (χ0v) is 16.2. The van der Waals surface area contributed by atoms with E-state index in [1.54, 1.807) is 22.4 Å². The molecule has 9 heteroatoms. The minimum atomic E-state index is -0.451. The zero-order valence-electron chi connectivity index (χ0n) is 13.8. The summed E-state index contributed by atoms with van der Waals surface area (Å²) in [7, 11) is 3.09. The average molecular weight is 423 g/mol. The van der Waals surface area contributed by atoms with Gasteiger partial charge in [-0.2, -0.15) is 10.1 Å². The molecule has 0 atom stereocenters. The third-order valence-corrected chi connectivity index (χ3v) is 5.22. The summed E-state index contributed by atoms with van der Waals surface area (Å²) in [5, 5.41) is 4.15. The van der Waals surface area contributed by atoms with E-state index in [2.05, 4.69) is 26.0 Å². The molecule has 0 bridgehead atoms. The van der Waals surface area contributed by atoms with Crippen molar-refractivity contribution >= 4 is 49.4 Å². The first kappa shape index (κ1) is 17.6. The molecule has 3 rings (SSSR count). The Bertz CT molecular complexity index is 1030. The maximum atomic E-state index is 12.5. The van der Waals surface area contributed by atoms with Crippen molar-refractivity contribution in [1.29, 1.82) is 0 Å². The molecule has 0 radical (unpaired) electrons. The Labute approximate surface area is 155 Å². The molecule has 2 heterocycles. The van der Waals surface area contributed by atoms with Crippen LogP contribution < -0.4 is 4.80 Å². The molecule has 0 aliphatic rings. The maximum absolute atomic E-state index is 12.5. The van der Waals surface area contributed by atoms with E-state index < -0.39 is 11.9 Å². The molecule has 0 unspecified atom stereocenters. The number of benzene rings is 1. The number of aromatic nitrogens is 3. The number of carbonyl (C=O) groups excluding carboxylic acids is 2. The Hall–Kier alpha value is -2.26. The molecule has 3 aromatic rings. The number of fused-ring (bicyclic) bond motifs is 1. The van der Waals surface area contributed by atoms with Gasteiger partial charge in [0.2, 0.25) is 0 Å². The van der Waals surface area contributed by atoms with Gasteiger partial charge in [-0.1, -0.05) is 27.3 Å². The number of aryl methyl sites for hydroxylation is 2. The van der Waals surface area contributed by atoms with Crippen LogP contribution in [0.2, 0.25) is 0 Å². The van der Waals surface area contributed by atoms with Crippen molar-refractivity contribution in [3.05, 3.63) is 44.9 Å². The summed E-state index contributed by atoms with van der Waals surface area (Å²) in [5.74, 6) is -0.863. The van der Waals surface area contributed by atoms with Crippen molar-refractivity contribution in [3.8, 4) is 0 Å². The van der Waals surface area contributed by atoms with Gasteiger partial charge < -0.3 is 9.30 Å². The summed E-state index contributed by atoms with van der Waals surface area (Å²) in [5.41, 5.74) is 1.94. The second-order valence-electron chi connectivity index (χ2n) is 5.37. The van der Waals surface area contributed by atoms with Crippen molar-refractivity contribution in [2.45, 2.75) is 13.5 Å². The Kier molecular flexibility index (Phi) is 4.87. The normalized spacial score (nSPS) is 11.9. The van der Waals surface area contributed by atoms with Crippen LogP contribution in [0.5, 0.6) is 0 Å². The number of hydrogen-bond acceptors (Lipinski definition) is 5. The predicted molar refractivity (Wildman–Crippen MR) is 97.4 cm³/mol. The third kappa shape index (κ3) is 3.57. The first-order chi connectivity index (χ1) is 11.9. The molecule has 1 aromatic carbocycles. The van der Waals surface area contributed by atoms with E-state index in [0.29, 0.717) is 4.80 Å². The van der Waals surface area contributed by atoms with Gasteiger partial charge in [0.1, 0.15) is 6.54 Å². The van der Waals surface area contributed by atoms with Gasteiger partial charge >= 0.3 is 5.97 Å². The fraction of sp³-hybridized carbons (Fsp3) is 0.250. The lowest BCUT2D eigenvalue weighted by atomic mass is 10.3. The van der Waals surface area contributed by atoms with E-state index in [0.717, 1.165) is 20.4 Å². The quantitative estimate of drug-likeness (QED) is 0.607. The van der Waals surface area contributed by atoms with Crippen LogP contribution in [0.1, 0.15) is 16.2 Å². The number of esters is 1. The lowest BCUT2D eigenvalue weighted by Gasteiger charge is -2.03. The molecule has 25 heavy (non-hydrogen) atoms. The molecule has 130 valence electrons. The molecule has 7 nitrogen and oxygen atoms in total. The largest absolute Gasteiger partial charge is 0.468 e. The molecule has 0 spiro atoms. The lowest BCUT2D eigenvalue weighted by Crippen LogP contribution is -2.22. The molecule has 0 aliphatic heterocycles. The predicted octanol–water partition coefficient (Wildman–Crippen LogP) is 2.42. The van der Waals surface area contributed by atoms with Crippen molar-refractivity contribution < 1.29 is 14.3 Å². The summed E-state index contributed by atoms with van der Waals surface area (Å²) in [6.07, 6.45) is 0. The molecule has 0 saturated carbocycles. The highest BCUT2D eigenvalue weighted by atomic mass is 79.9. The molecule has 0 aliphatic carbocycles. The molecule has 1 amide bonds. The van der Waals surface area contributed by atoms with Crippen LogP contribution in [0.15, 0.2) is 33.7 Å². The lowest BCUT2D eigenvalue weighted by molar-refractivity contribution is -0.141. The van der Waals surface area contributed by atoms with Crippen molar-refractivity contribution in [3.63, 3.8) is 0 Å². The Morgan fingerprint density at radius 3 is 2.76 bits per heavy atom. The van der Waals surface area contributed by atoms with E-state index in [9.17, 15) is 9.59 Å². The number of amides is 1. The molecule has 0 saturated heterocycles. The van der Waals surface area contributed by atoms with Crippen LogP contribution in [0.25, 0.3) is 10.2 Å². The van der Waals surface area contributed by atoms with Crippen molar-refractivity contribution in [2.75, 3.05) is 7.11 Å².